The maximum Gasteiger partial charge on any atom is 0.274 e. The number of fused-ring (bicyclic) bond motifs is 1. The third kappa shape index (κ3) is 3.58. The van der Waals surface area contributed by atoms with Gasteiger partial charge in [0, 0.05) is 43.5 Å². The highest BCUT2D eigenvalue weighted by molar-refractivity contribution is 5.94. The summed E-state index contributed by atoms with van der Waals surface area (Å²) in [6.07, 6.45) is 2.41. The molecule has 2 aliphatic rings. The summed E-state index contributed by atoms with van der Waals surface area (Å²) in [5.41, 5.74) is 2.63. The van der Waals surface area contributed by atoms with E-state index in [-0.39, 0.29) is 17.9 Å². The van der Waals surface area contributed by atoms with Crippen LogP contribution in [0.5, 0.6) is 0 Å². The zero-order valence-electron chi connectivity index (χ0n) is 17.2. The summed E-state index contributed by atoms with van der Waals surface area (Å²) in [6.45, 7) is 6.43. The lowest BCUT2D eigenvalue weighted by Crippen LogP contribution is -2.53. The summed E-state index contributed by atoms with van der Waals surface area (Å²) >= 11 is 0. The Balaban J connectivity index is 1.56. The number of nitriles is 1. The Morgan fingerprint density at radius 3 is 2.50 bits per heavy atom. The van der Waals surface area contributed by atoms with Gasteiger partial charge in [-0.2, -0.15) is 10.4 Å². The average Bonchev–Trinajstić information content (AvgIpc) is 3.33. The predicted molar refractivity (Wildman–Crippen MR) is 107 cm³/mol. The molecule has 158 valence electrons. The molecule has 1 aliphatic heterocycles. The molecule has 2 heterocycles. The second kappa shape index (κ2) is 8.15. The molecule has 1 amide bonds. The van der Waals surface area contributed by atoms with Gasteiger partial charge >= 0.3 is 0 Å². The Morgan fingerprint density at radius 2 is 1.87 bits per heavy atom. The molecule has 2 aromatic rings. The third-order valence-electron chi connectivity index (χ3n) is 6.04. The van der Waals surface area contributed by atoms with Gasteiger partial charge in [-0.3, -0.25) is 9.69 Å². The maximum absolute atomic E-state index is 13.7. The minimum absolute atomic E-state index is 0.132. The van der Waals surface area contributed by atoms with Gasteiger partial charge in [-0.25, -0.2) is 13.5 Å². The van der Waals surface area contributed by atoms with Crippen LogP contribution in [0.3, 0.4) is 0 Å². The monoisotopic (exact) mass is 413 g/mol. The molecule has 0 N–H and O–H groups in total. The number of carbonyl (C=O) groups is 1. The zero-order valence-corrected chi connectivity index (χ0v) is 17.2. The number of nitrogens with zero attached hydrogens (tertiary/aromatic N) is 5. The Labute approximate surface area is 174 Å². The SMILES string of the molecule is CC(C)C(C#N)N1CCN(C(=O)c2nn(-c3ccc(F)c(F)c3)c3c2CCC3)CC1. The fourth-order valence-electron chi connectivity index (χ4n) is 4.44. The van der Waals surface area contributed by atoms with Gasteiger partial charge < -0.3 is 4.90 Å². The van der Waals surface area contributed by atoms with Crippen molar-refractivity contribution in [2.45, 2.75) is 39.2 Å². The maximum atomic E-state index is 13.7. The van der Waals surface area contributed by atoms with Crippen LogP contribution in [0.4, 0.5) is 8.78 Å². The molecular weight excluding hydrogens is 388 g/mol. The van der Waals surface area contributed by atoms with E-state index in [0.29, 0.717) is 37.6 Å². The smallest absolute Gasteiger partial charge is 0.274 e. The van der Waals surface area contributed by atoms with Gasteiger partial charge in [0.1, 0.15) is 6.04 Å². The first-order valence-corrected chi connectivity index (χ1v) is 10.4. The van der Waals surface area contributed by atoms with Crippen molar-refractivity contribution < 1.29 is 13.6 Å². The van der Waals surface area contributed by atoms with Gasteiger partial charge in [-0.1, -0.05) is 13.8 Å². The molecule has 0 spiro atoms. The van der Waals surface area contributed by atoms with Gasteiger partial charge in [-0.15, -0.1) is 0 Å². The quantitative estimate of drug-likeness (QED) is 0.773. The molecule has 4 rings (SSSR count). The van der Waals surface area contributed by atoms with Crippen LogP contribution < -0.4 is 0 Å². The Kier molecular flexibility index (Phi) is 5.56. The molecule has 1 saturated heterocycles. The summed E-state index contributed by atoms with van der Waals surface area (Å²) in [6, 6.07) is 5.88. The molecule has 1 aromatic carbocycles. The summed E-state index contributed by atoms with van der Waals surface area (Å²) in [5, 5.41) is 13.9. The number of hydrogen-bond donors (Lipinski definition) is 0. The number of hydrogen-bond acceptors (Lipinski definition) is 4. The van der Waals surface area contributed by atoms with Crippen molar-refractivity contribution in [3.8, 4) is 11.8 Å². The molecule has 8 heteroatoms. The van der Waals surface area contributed by atoms with Crippen molar-refractivity contribution in [3.63, 3.8) is 0 Å². The highest BCUT2D eigenvalue weighted by Crippen LogP contribution is 2.29. The lowest BCUT2D eigenvalue weighted by Gasteiger charge is -2.37. The van der Waals surface area contributed by atoms with Gasteiger partial charge in [0.15, 0.2) is 17.3 Å². The van der Waals surface area contributed by atoms with Crippen molar-refractivity contribution in [2.75, 3.05) is 26.2 Å². The van der Waals surface area contributed by atoms with Crippen LogP contribution in [0.15, 0.2) is 18.2 Å². The van der Waals surface area contributed by atoms with E-state index in [4.69, 9.17) is 0 Å². The lowest BCUT2D eigenvalue weighted by atomic mass is 10.0. The largest absolute Gasteiger partial charge is 0.335 e. The standard InChI is InChI=1S/C22H25F2N5O/c1-14(2)20(13-25)27-8-10-28(11-9-27)22(30)21-16-4-3-5-19(16)29(26-21)15-6-7-17(23)18(24)12-15/h6-7,12,14,20H,3-5,8-11H2,1-2H3. The van der Waals surface area contributed by atoms with Crippen LogP contribution in [-0.4, -0.2) is 57.7 Å². The molecule has 1 atom stereocenters. The topological polar surface area (TPSA) is 65.2 Å². The normalized spacial score (nSPS) is 17.8. The fourth-order valence-corrected chi connectivity index (χ4v) is 4.44. The third-order valence-corrected chi connectivity index (χ3v) is 6.04. The lowest BCUT2D eigenvalue weighted by molar-refractivity contribution is 0.0570. The van der Waals surface area contributed by atoms with E-state index in [0.717, 1.165) is 42.7 Å². The number of piperazine rings is 1. The van der Waals surface area contributed by atoms with Gasteiger partial charge in [0.05, 0.1) is 11.8 Å². The summed E-state index contributed by atoms with van der Waals surface area (Å²) in [5.74, 6) is -1.75. The molecule has 30 heavy (non-hydrogen) atoms. The Morgan fingerprint density at radius 1 is 1.13 bits per heavy atom. The molecule has 6 nitrogen and oxygen atoms in total. The van der Waals surface area contributed by atoms with Crippen molar-refractivity contribution in [3.05, 3.63) is 46.8 Å². The molecule has 1 unspecified atom stereocenters. The number of rotatable bonds is 4. The number of aromatic nitrogens is 2. The number of benzene rings is 1. The molecular formula is C22H25F2N5O. The van der Waals surface area contributed by atoms with Gasteiger partial charge in [-0.05, 0) is 37.3 Å². The molecule has 1 fully saturated rings. The summed E-state index contributed by atoms with van der Waals surface area (Å²) in [7, 11) is 0. The van der Waals surface area contributed by atoms with Crippen molar-refractivity contribution in [2.24, 2.45) is 5.92 Å². The fraction of sp³-hybridized carbons (Fsp3) is 0.500. The van der Waals surface area contributed by atoms with E-state index in [1.807, 2.05) is 13.8 Å². The van der Waals surface area contributed by atoms with Crippen LogP contribution in [0.25, 0.3) is 5.69 Å². The molecule has 1 aliphatic carbocycles. The van der Waals surface area contributed by atoms with Gasteiger partial charge in [0.2, 0.25) is 0 Å². The minimum Gasteiger partial charge on any atom is -0.335 e. The van der Waals surface area contributed by atoms with E-state index in [1.165, 1.54) is 6.07 Å². The van der Waals surface area contributed by atoms with E-state index in [1.54, 1.807) is 9.58 Å². The Hall–Kier alpha value is -2.79. The number of carbonyl (C=O) groups excluding carboxylic acids is 1. The number of halogens is 2. The summed E-state index contributed by atoms with van der Waals surface area (Å²) < 4.78 is 28.7. The van der Waals surface area contributed by atoms with Crippen molar-refractivity contribution >= 4 is 5.91 Å². The first kappa shape index (κ1) is 20.5. The molecule has 1 aromatic heterocycles. The van der Waals surface area contributed by atoms with E-state index < -0.39 is 11.6 Å². The van der Waals surface area contributed by atoms with Crippen molar-refractivity contribution in [1.29, 1.82) is 5.26 Å². The first-order valence-electron chi connectivity index (χ1n) is 10.4. The van der Waals surface area contributed by atoms with Crippen LogP contribution in [0, 0.1) is 28.9 Å². The second-order valence-electron chi connectivity index (χ2n) is 8.28. The molecule has 0 bridgehead atoms. The van der Waals surface area contributed by atoms with E-state index in [2.05, 4.69) is 16.1 Å². The van der Waals surface area contributed by atoms with Crippen LogP contribution >= 0.6 is 0 Å². The first-order chi connectivity index (χ1) is 14.4. The van der Waals surface area contributed by atoms with Gasteiger partial charge in [0.25, 0.3) is 5.91 Å². The molecule has 0 radical (unpaired) electrons. The average molecular weight is 413 g/mol. The van der Waals surface area contributed by atoms with E-state index >= 15 is 0 Å². The summed E-state index contributed by atoms with van der Waals surface area (Å²) in [4.78, 5) is 17.1. The van der Waals surface area contributed by atoms with Crippen LogP contribution in [-0.2, 0) is 12.8 Å². The second-order valence-corrected chi connectivity index (χ2v) is 8.28. The van der Waals surface area contributed by atoms with Crippen molar-refractivity contribution in [1.82, 2.24) is 19.6 Å². The molecule has 0 saturated carbocycles. The number of amides is 1. The van der Waals surface area contributed by atoms with Crippen LogP contribution in [0.2, 0.25) is 0 Å². The van der Waals surface area contributed by atoms with Crippen LogP contribution in [0.1, 0.15) is 42.0 Å². The highest BCUT2D eigenvalue weighted by Gasteiger charge is 2.33. The predicted octanol–water partition coefficient (Wildman–Crippen LogP) is 2.95. The Bertz CT molecular complexity index is 1000. The zero-order chi connectivity index (χ0) is 21.4. The highest BCUT2D eigenvalue weighted by atomic mass is 19.2. The minimum atomic E-state index is -0.934. The van der Waals surface area contributed by atoms with E-state index in [9.17, 15) is 18.8 Å².